The van der Waals surface area contributed by atoms with Gasteiger partial charge in [0.15, 0.2) is 0 Å². The fraction of sp³-hybridized carbons (Fsp3) is 0.318. The predicted molar refractivity (Wildman–Crippen MR) is 111 cm³/mol. The molecule has 1 unspecified atom stereocenters. The van der Waals surface area contributed by atoms with Crippen LogP contribution in [-0.2, 0) is 6.61 Å². The number of nitrogens with zero attached hydrogens (tertiary/aromatic N) is 1. The Bertz CT molecular complexity index is 1010. The number of hydrogen-bond acceptors (Lipinski definition) is 4. The highest BCUT2D eigenvalue weighted by Gasteiger charge is 2.29. The summed E-state index contributed by atoms with van der Waals surface area (Å²) in [5, 5.41) is 3.40. The number of alkyl halides is 2. The van der Waals surface area contributed by atoms with Crippen molar-refractivity contribution in [2.24, 2.45) is 0 Å². The number of carbonyl (C=O) groups excluding carboxylic acids is 1. The Morgan fingerprint density at radius 2 is 2.03 bits per heavy atom. The normalized spacial score (nSPS) is 17.2. The van der Waals surface area contributed by atoms with E-state index < -0.39 is 12.3 Å². The third-order valence-corrected chi connectivity index (χ3v) is 6.26. The molecule has 4 nitrogen and oxygen atoms in total. The van der Waals surface area contributed by atoms with Crippen LogP contribution in [0.25, 0.3) is 10.1 Å². The molecule has 1 aromatic heterocycles. The van der Waals surface area contributed by atoms with Crippen LogP contribution < -0.4 is 10.1 Å². The van der Waals surface area contributed by atoms with Gasteiger partial charge >= 0.3 is 0 Å². The van der Waals surface area contributed by atoms with Crippen molar-refractivity contribution in [3.8, 4) is 5.75 Å². The van der Waals surface area contributed by atoms with Gasteiger partial charge in [0.2, 0.25) is 0 Å². The Labute approximate surface area is 172 Å². The summed E-state index contributed by atoms with van der Waals surface area (Å²) in [4.78, 5) is 14.9. The van der Waals surface area contributed by atoms with Gasteiger partial charge in [0.25, 0.3) is 12.3 Å². The average Bonchev–Trinajstić information content (AvgIpc) is 3.30. The average molecular weight is 416 g/mol. The molecule has 1 aliphatic heterocycles. The number of hydrogen-bond donors (Lipinski definition) is 1. The van der Waals surface area contributed by atoms with Gasteiger partial charge in [-0.15, -0.1) is 11.3 Å². The van der Waals surface area contributed by atoms with E-state index in [0.717, 1.165) is 36.4 Å². The minimum Gasteiger partial charge on any atom is -0.488 e. The summed E-state index contributed by atoms with van der Waals surface area (Å²) in [6.07, 6.45) is -1.91. The molecule has 0 spiro atoms. The lowest BCUT2D eigenvalue weighted by Crippen LogP contribution is -2.36. The van der Waals surface area contributed by atoms with E-state index in [0.29, 0.717) is 22.4 Å². The molecule has 0 aliphatic carbocycles. The van der Waals surface area contributed by atoms with Crippen molar-refractivity contribution in [1.29, 1.82) is 0 Å². The van der Waals surface area contributed by atoms with Crippen LogP contribution in [0.4, 0.5) is 8.78 Å². The molecule has 1 amide bonds. The lowest BCUT2D eigenvalue weighted by molar-refractivity contribution is 0.0929. The monoisotopic (exact) mass is 416 g/mol. The van der Waals surface area contributed by atoms with E-state index in [1.807, 2.05) is 37.4 Å². The van der Waals surface area contributed by atoms with Gasteiger partial charge in [-0.25, -0.2) is 8.78 Å². The maximum atomic E-state index is 13.8. The van der Waals surface area contributed by atoms with Crippen molar-refractivity contribution < 1.29 is 18.3 Å². The molecule has 0 bridgehead atoms. The van der Waals surface area contributed by atoms with Crippen LogP contribution >= 0.6 is 11.3 Å². The number of halogens is 2. The molecule has 3 aromatic rings. The number of ether oxygens (including phenoxy) is 1. The molecule has 1 N–H and O–H groups in total. The molecule has 1 aliphatic rings. The first-order valence-corrected chi connectivity index (χ1v) is 10.3. The summed E-state index contributed by atoms with van der Waals surface area (Å²) < 4.78 is 34.1. The van der Waals surface area contributed by atoms with Crippen LogP contribution in [0.15, 0.2) is 48.5 Å². The number of fused-ring (bicyclic) bond motifs is 1. The van der Waals surface area contributed by atoms with Gasteiger partial charge in [0, 0.05) is 22.7 Å². The number of benzene rings is 2. The van der Waals surface area contributed by atoms with Crippen molar-refractivity contribution in [2.45, 2.75) is 25.5 Å². The molecule has 1 atom stereocenters. The molecular formula is C22H22F2N2O2S. The van der Waals surface area contributed by atoms with Crippen molar-refractivity contribution in [3.05, 3.63) is 64.5 Å². The number of rotatable bonds is 6. The van der Waals surface area contributed by atoms with E-state index >= 15 is 0 Å². The third-order valence-electron chi connectivity index (χ3n) is 5.09. The zero-order chi connectivity index (χ0) is 20.4. The summed E-state index contributed by atoms with van der Waals surface area (Å²) >= 11 is 0.953. The number of carbonyl (C=O) groups is 1. The second-order valence-electron chi connectivity index (χ2n) is 7.27. The Hall–Kier alpha value is -2.51. The van der Waals surface area contributed by atoms with Crippen LogP contribution in [0.5, 0.6) is 5.75 Å². The molecule has 2 heterocycles. The van der Waals surface area contributed by atoms with Gasteiger partial charge in [0.05, 0.1) is 10.4 Å². The van der Waals surface area contributed by atoms with Crippen LogP contribution in [0.3, 0.4) is 0 Å². The number of likely N-dealkylation sites (N-methyl/N-ethyl adjacent to an activating group) is 1. The van der Waals surface area contributed by atoms with Gasteiger partial charge in [0.1, 0.15) is 12.4 Å². The Balaban J connectivity index is 1.68. The van der Waals surface area contributed by atoms with E-state index in [9.17, 15) is 13.6 Å². The highest BCUT2D eigenvalue weighted by Crippen LogP contribution is 2.42. The molecule has 1 saturated heterocycles. The first-order valence-electron chi connectivity index (χ1n) is 9.52. The maximum Gasteiger partial charge on any atom is 0.273 e. The minimum absolute atomic E-state index is 0.0367. The third kappa shape index (κ3) is 4.26. The van der Waals surface area contributed by atoms with E-state index in [-0.39, 0.29) is 16.5 Å². The zero-order valence-corrected chi connectivity index (χ0v) is 16.8. The highest BCUT2D eigenvalue weighted by atomic mass is 32.1. The second kappa shape index (κ2) is 8.47. The number of likely N-dealkylation sites (tertiary alicyclic amines) is 1. The smallest absolute Gasteiger partial charge is 0.273 e. The van der Waals surface area contributed by atoms with Gasteiger partial charge in [-0.3, -0.25) is 4.79 Å². The van der Waals surface area contributed by atoms with E-state index in [1.54, 1.807) is 18.2 Å². The molecule has 1 fully saturated rings. The van der Waals surface area contributed by atoms with E-state index in [4.69, 9.17) is 4.74 Å². The summed E-state index contributed by atoms with van der Waals surface area (Å²) in [5.74, 6) is -0.00851. The zero-order valence-electron chi connectivity index (χ0n) is 16.0. The van der Waals surface area contributed by atoms with Crippen molar-refractivity contribution in [3.63, 3.8) is 0 Å². The predicted octanol–water partition coefficient (Wildman–Crippen LogP) is 4.85. The molecule has 0 saturated carbocycles. The van der Waals surface area contributed by atoms with Crippen LogP contribution in [-0.4, -0.2) is 37.0 Å². The Morgan fingerprint density at radius 1 is 1.24 bits per heavy atom. The summed E-state index contributed by atoms with van der Waals surface area (Å²) in [7, 11) is 1.98. The minimum atomic E-state index is -2.72. The van der Waals surface area contributed by atoms with E-state index in [1.165, 1.54) is 0 Å². The topological polar surface area (TPSA) is 41.6 Å². The first-order chi connectivity index (χ1) is 14.0. The summed E-state index contributed by atoms with van der Waals surface area (Å²) in [6.45, 7) is 1.89. The quantitative estimate of drug-likeness (QED) is 0.625. The highest BCUT2D eigenvalue weighted by molar-refractivity contribution is 7.19. The first kappa shape index (κ1) is 19.8. The SMILES string of the molecule is CN1CCC(NC(=O)c2c(C(F)F)sc3cccc(OCc4ccccc4)c23)C1. The van der Waals surface area contributed by atoms with Crippen molar-refractivity contribution >= 4 is 27.3 Å². The second-order valence-corrected chi connectivity index (χ2v) is 8.35. The number of nitrogens with one attached hydrogen (secondary N) is 1. The molecule has 7 heteroatoms. The standard InChI is InChI=1S/C22H22F2N2O2S/c1-26-11-10-15(12-26)25-22(27)19-18-16(28-13-14-6-3-2-4-7-14)8-5-9-17(18)29-20(19)21(23)24/h2-9,15,21H,10-13H2,1H3,(H,25,27). The number of thiophene rings is 1. The number of amides is 1. The van der Waals surface area contributed by atoms with Crippen LogP contribution in [0.2, 0.25) is 0 Å². The van der Waals surface area contributed by atoms with E-state index in [2.05, 4.69) is 10.2 Å². The Morgan fingerprint density at radius 3 is 2.72 bits per heavy atom. The lowest BCUT2D eigenvalue weighted by Gasteiger charge is -2.14. The Kier molecular flexibility index (Phi) is 5.78. The fourth-order valence-corrected chi connectivity index (χ4v) is 4.75. The van der Waals surface area contributed by atoms with Crippen molar-refractivity contribution in [1.82, 2.24) is 10.2 Å². The molecule has 2 aromatic carbocycles. The summed E-state index contributed by atoms with van der Waals surface area (Å²) in [6, 6.07) is 14.8. The van der Waals surface area contributed by atoms with Gasteiger partial charge < -0.3 is 15.0 Å². The molecular weight excluding hydrogens is 394 g/mol. The van der Waals surface area contributed by atoms with Gasteiger partial charge in [-0.05, 0) is 37.7 Å². The largest absolute Gasteiger partial charge is 0.488 e. The van der Waals surface area contributed by atoms with Gasteiger partial charge in [-0.1, -0.05) is 36.4 Å². The van der Waals surface area contributed by atoms with Crippen LogP contribution in [0, 0.1) is 0 Å². The fourth-order valence-electron chi connectivity index (χ4n) is 3.68. The molecule has 0 radical (unpaired) electrons. The van der Waals surface area contributed by atoms with Crippen molar-refractivity contribution in [2.75, 3.05) is 20.1 Å². The lowest BCUT2D eigenvalue weighted by atomic mass is 10.1. The molecule has 29 heavy (non-hydrogen) atoms. The van der Waals surface area contributed by atoms with Gasteiger partial charge in [-0.2, -0.15) is 0 Å². The van der Waals surface area contributed by atoms with Crippen LogP contribution in [0.1, 0.15) is 33.6 Å². The summed E-state index contributed by atoms with van der Waals surface area (Å²) in [5.41, 5.74) is 1.01. The molecule has 152 valence electrons. The maximum absolute atomic E-state index is 13.8. The molecule has 4 rings (SSSR count).